The summed E-state index contributed by atoms with van der Waals surface area (Å²) in [6.45, 7) is -5.47. The van der Waals surface area contributed by atoms with Crippen molar-refractivity contribution in [2.24, 2.45) is 5.10 Å². The number of rotatable bonds is 8. The molecule has 0 saturated carbocycles. The summed E-state index contributed by atoms with van der Waals surface area (Å²) in [6.07, 6.45) is 2.96. The molecule has 3 rings (SSSR count). The fourth-order valence-corrected chi connectivity index (χ4v) is 3.15. The van der Waals surface area contributed by atoms with Crippen molar-refractivity contribution in [2.75, 3.05) is 18.0 Å². The number of para-hydroxylation sites is 1. The number of fused-ring (bicyclic) bond motifs is 1. The van der Waals surface area contributed by atoms with Crippen LogP contribution in [-0.2, 0) is 11.2 Å². The number of alkyl halides is 4. The van der Waals surface area contributed by atoms with E-state index < -0.39 is 24.9 Å². The highest BCUT2D eigenvalue weighted by Gasteiger charge is 2.18. The number of nitrogens with one attached hydrogen (secondary N) is 1. The summed E-state index contributed by atoms with van der Waals surface area (Å²) in [5.74, 6) is -1.14. The molecule has 1 aliphatic heterocycles. The summed E-state index contributed by atoms with van der Waals surface area (Å²) >= 11 is 0. The van der Waals surface area contributed by atoms with Gasteiger partial charge in [0.25, 0.3) is 5.91 Å². The van der Waals surface area contributed by atoms with Gasteiger partial charge in [-0.15, -0.1) is 0 Å². The summed E-state index contributed by atoms with van der Waals surface area (Å²) in [4.78, 5) is 14.2. The predicted octanol–water partition coefficient (Wildman–Crippen LogP) is 3.79. The lowest BCUT2D eigenvalue weighted by atomic mass is 10.0. The van der Waals surface area contributed by atoms with E-state index in [1.54, 1.807) is 0 Å². The molecule has 0 radical (unpaired) electrons. The van der Waals surface area contributed by atoms with E-state index in [0.717, 1.165) is 43.4 Å². The van der Waals surface area contributed by atoms with Crippen LogP contribution in [0.1, 0.15) is 17.5 Å². The molecule has 0 aromatic heterocycles. The molecular weight excluding hydrogens is 406 g/mol. The van der Waals surface area contributed by atoms with Crippen LogP contribution in [0.15, 0.2) is 47.6 Å². The van der Waals surface area contributed by atoms with Crippen molar-refractivity contribution in [3.8, 4) is 11.5 Å². The van der Waals surface area contributed by atoms with Gasteiger partial charge >= 0.3 is 13.2 Å². The number of carbonyl (C=O) groups is 1. The first-order valence-electron chi connectivity index (χ1n) is 9.11. The standard InChI is InChI=1S/C20H19F4N3O3/c21-19(22)29-15-8-7-14(17(10-15)30-20(23)24)11-25-26-18(28)12-27-9-3-5-13-4-1-2-6-16(13)27/h1-2,4,6-8,10-11,19-20H,3,5,9,12H2,(H,26,28)/b25-11+. The predicted molar refractivity (Wildman–Crippen MR) is 102 cm³/mol. The number of anilines is 1. The topological polar surface area (TPSA) is 63.2 Å². The molecule has 0 saturated heterocycles. The first-order valence-corrected chi connectivity index (χ1v) is 9.11. The Hall–Kier alpha value is -3.30. The molecule has 0 spiro atoms. The molecule has 1 amide bonds. The number of halogens is 4. The van der Waals surface area contributed by atoms with Crippen LogP contribution in [0.3, 0.4) is 0 Å². The molecule has 2 aromatic carbocycles. The lowest BCUT2D eigenvalue weighted by molar-refractivity contribution is -0.119. The highest BCUT2D eigenvalue weighted by Crippen LogP contribution is 2.27. The quantitative estimate of drug-likeness (QED) is 0.397. The van der Waals surface area contributed by atoms with Gasteiger partial charge in [0.1, 0.15) is 11.5 Å². The minimum atomic E-state index is -3.17. The zero-order valence-electron chi connectivity index (χ0n) is 15.7. The molecule has 10 heteroatoms. The minimum absolute atomic E-state index is 0.0561. The van der Waals surface area contributed by atoms with Gasteiger partial charge in [0.05, 0.1) is 12.8 Å². The summed E-state index contributed by atoms with van der Waals surface area (Å²) in [5.41, 5.74) is 4.54. The van der Waals surface area contributed by atoms with Crippen LogP contribution in [0, 0.1) is 0 Å². The largest absolute Gasteiger partial charge is 0.435 e. The zero-order valence-corrected chi connectivity index (χ0v) is 15.7. The van der Waals surface area contributed by atoms with Gasteiger partial charge in [-0.25, -0.2) is 5.43 Å². The van der Waals surface area contributed by atoms with E-state index in [1.807, 2.05) is 29.2 Å². The average Bonchev–Trinajstić information content (AvgIpc) is 2.69. The van der Waals surface area contributed by atoms with E-state index in [2.05, 4.69) is 20.0 Å². The van der Waals surface area contributed by atoms with Crippen LogP contribution >= 0.6 is 0 Å². The van der Waals surface area contributed by atoms with Crippen LogP contribution in [0.2, 0.25) is 0 Å². The second-order valence-electron chi connectivity index (χ2n) is 6.40. The van der Waals surface area contributed by atoms with Gasteiger partial charge in [-0.3, -0.25) is 4.79 Å². The minimum Gasteiger partial charge on any atom is -0.435 e. The normalized spacial score (nSPS) is 13.6. The van der Waals surface area contributed by atoms with Crippen molar-refractivity contribution in [2.45, 2.75) is 26.1 Å². The number of carbonyl (C=O) groups excluding carboxylic acids is 1. The van der Waals surface area contributed by atoms with Gasteiger partial charge in [-0.05, 0) is 36.6 Å². The molecule has 1 N–H and O–H groups in total. The van der Waals surface area contributed by atoms with Gasteiger partial charge in [-0.2, -0.15) is 22.7 Å². The highest BCUT2D eigenvalue weighted by molar-refractivity contribution is 5.87. The molecule has 160 valence electrons. The van der Waals surface area contributed by atoms with Crippen molar-refractivity contribution < 1.29 is 31.8 Å². The molecule has 0 bridgehead atoms. The van der Waals surface area contributed by atoms with Gasteiger partial charge in [0, 0.05) is 23.9 Å². The van der Waals surface area contributed by atoms with Gasteiger partial charge < -0.3 is 14.4 Å². The lowest BCUT2D eigenvalue weighted by Crippen LogP contribution is -2.38. The number of ether oxygens (including phenoxy) is 2. The maximum atomic E-state index is 12.6. The van der Waals surface area contributed by atoms with Gasteiger partial charge in [0.2, 0.25) is 0 Å². The monoisotopic (exact) mass is 425 g/mol. The third kappa shape index (κ3) is 5.85. The Morgan fingerprint density at radius 2 is 1.90 bits per heavy atom. The summed E-state index contributed by atoms with van der Waals surface area (Å²) in [6, 6.07) is 11.1. The van der Waals surface area contributed by atoms with E-state index in [9.17, 15) is 22.4 Å². The molecule has 0 fully saturated rings. The van der Waals surface area contributed by atoms with E-state index in [4.69, 9.17) is 0 Å². The molecule has 2 aromatic rings. The van der Waals surface area contributed by atoms with E-state index >= 15 is 0 Å². The van der Waals surface area contributed by atoms with Crippen molar-refractivity contribution in [3.63, 3.8) is 0 Å². The summed E-state index contributed by atoms with van der Waals surface area (Å²) < 4.78 is 58.3. The number of hydrazone groups is 1. The Balaban J connectivity index is 1.64. The molecule has 6 nitrogen and oxygen atoms in total. The Morgan fingerprint density at radius 1 is 1.13 bits per heavy atom. The number of amides is 1. The zero-order chi connectivity index (χ0) is 21.5. The van der Waals surface area contributed by atoms with Crippen LogP contribution < -0.4 is 19.8 Å². The van der Waals surface area contributed by atoms with E-state index in [1.165, 1.54) is 11.6 Å². The second kappa shape index (κ2) is 9.95. The fraction of sp³-hybridized carbons (Fsp3) is 0.300. The third-order valence-electron chi connectivity index (χ3n) is 4.36. The molecule has 1 aliphatic rings. The maximum Gasteiger partial charge on any atom is 0.387 e. The number of nitrogens with zero attached hydrogens (tertiary/aromatic N) is 2. The highest BCUT2D eigenvalue weighted by atomic mass is 19.3. The van der Waals surface area contributed by atoms with Crippen LogP contribution in [0.4, 0.5) is 23.2 Å². The SMILES string of the molecule is O=C(CN1CCCc2ccccc21)N/N=C/c1ccc(OC(F)F)cc1OC(F)F. The molecule has 30 heavy (non-hydrogen) atoms. The van der Waals surface area contributed by atoms with Gasteiger partial charge in [-0.1, -0.05) is 18.2 Å². The Bertz CT molecular complexity index is 909. The number of benzene rings is 2. The second-order valence-corrected chi connectivity index (χ2v) is 6.40. The Labute approximate surface area is 170 Å². The summed E-state index contributed by atoms with van der Waals surface area (Å²) in [7, 11) is 0. The Kier molecular flexibility index (Phi) is 7.10. The van der Waals surface area contributed by atoms with E-state index in [0.29, 0.717) is 0 Å². The summed E-state index contributed by atoms with van der Waals surface area (Å²) in [5, 5.41) is 3.76. The average molecular weight is 425 g/mol. The fourth-order valence-electron chi connectivity index (χ4n) is 3.15. The number of hydrogen-bond acceptors (Lipinski definition) is 5. The van der Waals surface area contributed by atoms with Gasteiger partial charge in [0.15, 0.2) is 0 Å². The van der Waals surface area contributed by atoms with Crippen molar-refractivity contribution >= 4 is 17.8 Å². The molecule has 0 aliphatic carbocycles. The third-order valence-corrected chi connectivity index (χ3v) is 4.36. The van der Waals surface area contributed by atoms with Crippen LogP contribution in [-0.4, -0.2) is 38.4 Å². The first-order chi connectivity index (χ1) is 14.4. The number of aryl methyl sites for hydroxylation is 1. The van der Waals surface area contributed by atoms with Crippen molar-refractivity contribution in [1.82, 2.24) is 5.43 Å². The molecule has 0 unspecified atom stereocenters. The molecular formula is C20H19F4N3O3. The van der Waals surface area contributed by atoms with Crippen LogP contribution in [0.5, 0.6) is 11.5 Å². The molecule has 1 heterocycles. The smallest absolute Gasteiger partial charge is 0.387 e. The van der Waals surface area contributed by atoms with Crippen molar-refractivity contribution in [1.29, 1.82) is 0 Å². The molecule has 0 atom stereocenters. The number of hydrogen-bond donors (Lipinski definition) is 1. The van der Waals surface area contributed by atoms with Crippen LogP contribution in [0.25, 0.3) is 0 Å². The van der Waals surface area contributed by atoms with Crippen molar-refractivity contribution in [3.05, 3.63) is 53.6 Å². The maximum absolute atomic E-state index is 12.6. The van der Waals surface area contributed by atoms with E-state index in [-0.39, 0.29) is 17.9 Å². The first kappa shape index (κ1) is 21.4. The lowest BCUT2D eigenvalue weighted by Gasteiger charge is -2.30. The Morgan fingerprint density at radius 3 is 2.67 bits per heavy atom.